The van der Waals surface area contributed by atoms with Gasteiger partial charge < -0.3 is 20.7 Å². The van der Waals surface area contributed by atoms with Crippen molar-refractivity contribution in [3.63, 3.8) is 0 Å². The molecule has 3 N–H and O–H groups in total. The highest BCUT2D eigenvalue weighted by Crippen LogP contribution is 2.16. The fraction of sp³-hybridized carbons (Fsp3) is 0.267. The monoisotopic (exact) mass is 301 g/mol. The number of nitrogens with zero attached hydrogens (tertiary/aromatic N) is 2. The van der Waals surface area contributed by atoms with E-state index in [1.807, 2.05) is 31.2 Å². The lowest BCUT2D eigenvalue weighted by Gasteiger charge is -2.09. The van der Waals surface area contributed by atoms with Crippen molar-refractivity contribution in [3.8, 4) is 5.75 Å². The molecule has 116 valence electrons. The number of nitrogens with one attached hydrogen (secondary N) is 3. The van der Waals surface area contributed by atoms with Crippen LogP contribution in [0.3, 0.4) is 0 Å². The molecule has 1 aromatic heterocycles. The minimum Gasteiger partial charge on any atom is -0.497 e. The average molecular weight is 301 g/mol. The van der Waals surface area contributed by atoms with E-state index in [-0.39, 0.29) is 6.03 Å². The number of carbonyl (C=O) groups is 1. The lowest BCUT2D eigenvalue weighted by Crippen LogP contribution is -2.32. The van der Waals surface area contributed by atoms with Gasteiger partial charge in [-0.2, -0.15) is 5.10 Å². The number of carbonyl (C=O) groups excluding carboxylic acids is 1. The molecule has 0 radical (unpaired) electrons. The third-order valence-electron chi connectivity index (χ3n) is 2.84. The van der Waals surface area contributed by atoms with Crippen LogP contribution < -0.4 is 20.7 Å². The van der Waals surface area contributed by atoms with Crippen molar-refractivity contribution in [2.75, 3.05) is 30.8 Å². The summed E-state index contributed by atoms with van der Waals surface area (Å²) in [5.74, 6) is 1.37. The SMILES string of the molecule is COc1cccc(NC(=O)NCCNc2ccc(C)nn2)c1. The van der Waals surface area contributed by atoms with Crippen molar-refractivity contribution in [2.24, 2.45) is 0 Å². The molecule has 2 aromatic rings. The molecule has 22 heavy (non-hydrogen) atoms. The molecule has 7 nitrogen and oxygen atoms in total. The number of hydrogen-bond donors (Lipinski definition) is 3. The summed E-state index contributed by atoms with van der Waals surface area (Å²) in [6.07, 6.45) is 0. The maximum absolute atomic E-state index is 11.7. The summed E-state index contributed by atoms with van der Waals surface area (Å²) in [6, 6.07) is 10.6. The first-order chi connectivity index (χ1) is 10.7. The van der Waals surface area contributed by atoms with Crippen LogP contribution in [-0.2, 0) is 0 Å². The number of anilines is 2. The molecule has 0 atom stereocenters. The quantitative estimate of drug-likeness (QED) is 0.711. The lowest BCUT2D eigenvalue weighted by atomic mass is 10.3. The number of benzene rings is 1. The van der Waals surface area contributed by atoms with Crippen LogP contribution in [0.2, 0.25) is 0 Å². The number of methoxy groups -OCH3 is 1. The fourth-order valence-electron chi connectivity index (χ4n) is 1.74. The lowest BCUT2D eigenvalue weighted by molar-refractivity contribution is 0.252. The van der Waals surface area contributed by atoms with Gasteiger partial charge in [0.25, 0.3) is 0 Å². The van der Waals surface area contributed by atoms with Crippen molar-refractivity contribution < 1.29 is 9.53 Å². The van der Waals surface area contributed by atoms with E-state index in [1.165, 1.54) is 0 Å². The molecule has 0 fully saturated rings. The van der Waals surface area contributed by atoms with E-state index < -0.39 is 0 Å². The molecule has 0 aliphatic rings. The number of aromatic nitrogens is 2. The first-order valence-electron chi connectivity index (χ1n) is 6.90. The van der Waals surface area contributed by atoms with E-state index >= 15 is 0 Å². The van der Waals surface area contributed by atoms with Gasteiger partial charge in [0, 0.05) is 24.8 Å². The highest BCUT2D eigenvalue weighted by Gasteiger charge is 2.02. The summed E-state index contributed by atoms with van der Waals surface area (Å²) in [6.45, 7) is 2.90. The van der Waals surface area contributed by atoms with Crippen LogP contribution in [0.1, 0.15) is 5.69 Å². The molecular formula is C15H19N5O2. The van der Waals surface area contributed by atoms with Crippen LogP contribution >= 0.6 is 0 Å². The van der Waals surface area contributed by atoms with E-state index in [2.05, 4.69) is 26.1 Å². The van der Waals surface area contributed by atoms with Gasteiger partial charge in [0.1, 0.15) is 11.6 Å². The summed E-state index contributed by atoms with van der Waals surface area (Å²) in [5.41, 5.74) is 1.54. The third-order valence-corrected chi connectivity index (χ3v) is 2.84. The number of amides is 2. The molecule has 2 amide bonds. The van der Waals surface area contributed by atoms with Crippen LogP contribution in [0, 0.1) is 6.92 Å². The van der Waals surface area contributed by atoms with Crippen molar-refractivity contribution >= 4 is 17.5 Å². The van der Waals surface area contributed by atoms with Gasteiger partial charge in [0.05, 0.1) is 12.8 Å². The van der Waals surface area contributed by atoms with Gasteiger partial charge in [-0.15, -0.1) is 5.10 Å². The molecule has 0 bridgehead atoms. The average Bonchev–Trinajstić information content (AvgIpc) is 2.53. The van der Waals surface area contributed by atoms with E-state index in [0.717, 1.165) is 5.69 Å². The van der Waals surface area contributed by atoms with Gasteiger partial charge in [-0.3, -0.25) is 0 Å². The number of hydrogen-bond acceptors (Lipinski definition) is 5. The largest absolute Gasteiger partial charge is 0.497 e. The highest BCUT2D eigenvalue weighted by atomic mass is 16.5. The molecule has 7 heteroatoms. The van der Waals surface area contributed by atoms with Crippen LogP contribution in [0.5, 0.6) is 5.75 Å². The topological polar surface area (TPSA) is 88.2 Å². The number of rotatable bonds is 6. The zero-order valence-corrected chi connectivity index (χ0v) is 12.6. The molecule has 0 unspecified atom stereocenters. The summed E-state index contributed by atoms with van der Waals surface area (Å²) in [4.78, 5) is 11.7. The van der Waals surface area contributed by atoms with Crippen molar-refractivity contribution in [3.05, 3.63) is 42.1 Å². The van der Waals surface area contributed by atoms with Gasteiger partial charge >= 0.3 is 6.03 Å². The highest BCUT2D eigenvalue weighted by molar-refractivity contribution is 5.89. The maximum atomic E-state index is 11.7. The predicted octanol–water partition coefficient (Wildman–Crippen LogP) is 2.03. The Morgan fingerprint density at radius 2 is 2.05 bits per heavy atom. The number of ether oxygens (including phenoxy) is 1. The van der Waals surface area contributed by atoms with Crippen LogP contribution in [0.25, 0.3) is 0 Å². The smallest absolute Gasteiger partial charge is 0.319 e. The second-order valence-electron chi connectivity index (χ2n) is 4.60. The molecule has 0 aliphatic carbocycles. The zero-order valence-electron chi connectivity index (χ0n) is 12.6. The Morgan fingerprint density at radius 1 is 1.18 bits per heavy atom. The minimum atomic E-state index is -0.273. The van der Waals surface area contributed by atoms with Crippen molar-refractivity contribution in [2.45, 2.75) is 6.92 Å². The maximum Gasteiger partial charge on any atom is 0.319 e. The van der Waals surface area contributed by atoms with E-state index in [9.17, 15) is 4.79 Å². The Hall–Kier alpha value is -2.83. The first-order valence-corrected chi connectivity index (χ1v) is 6.90. The van der Waals surface area contributed by atoms with Gasteiger partial charge in [-0.05, 0) is 31.2 Å². The van der Waals surface area contributed by atoms with Crippen LogP contribution in [-0.4, -0.2) is 36.4 Å². The molecule has 0 aliphatic heterocycles. The van der Waals surface area contributed by atoms with E-state index in [0.29, 0.717) is 30.3 Å². The van der Waals surface area contributed by atoms with Crippen molar-refractivity contribution in [1.29, 1.82) is 0 Å². The summed E-state index contributed by atoms with van der Waals surface area (Å²) < 4.78 is 5.10. The summed E-state index contributed by atoms with van der Waals surface area (Å²) >= 11 is 0. The molecule has 1 heterocycles. The first kappa shape index (κ1) is 15.6. The predicted molar refractivity (Wildman–Crippen MR) is 85.3 cm³/mol. The van der Waals surface area contributed by atoms with Crippen LogP contribution in [0.15, 0.2) is 36.4 Å². The van der Waals surface area contributed by atoms with Gasteiger partial charge in [0.2, 0.25) is 0 Å². The van der Waals surface area contributed by atoms with Crippen LogP contribution in [0.4, 0.5) is 16.3 Å². The molecule has 2 rings (SSSR count). The molecule has 1 aromatic carbocycles. The van der Waals surface area contributed by atoms with E-state index in [4.69, 9.17) is 4.74 Å². The molecule has 0 saturated carbocycles. The normalized spacial score (nSPS) is 9.91. The minimum absolute atomic E-state index is 0.273. The van der Waals surface area contributed by atoms with Gasteiger partial charge in [-0.25, -0.2) is 4.79 Å². The Labute approximate surface area is 129 Å². The third kappa shape index (κ3) is 4.93. The second-order valence-corrected chi connectivity index (χ2v) is 4.60. The fourth-order valence-corrected chi connectivity index (χ4v) is 1.74. The summed E-state index contributed by atoms with van der Waals surface area (Å²) in [7, 11) is 1.58. The van der Waals surface area contributed by atoms with Crippen molar-refractivity contribution in [1.82, 2.24) is 15.5 Å². The standard InChI is InChI=1S/C15H19N5O2/c1-11-6-7-14(20-19-11)16-8-9-17-15(21)18-12-4-3-5-13(10-12)22-2/h3-7,10H,8-9H2,1-2H3,(H,16,20)(H2,17,18,21). The number of aryl methyl sites for hydroxylation is 1. The zero-order chi connectivity index (χ0) is 15.8. The molecule has 0 spiro atoms. The second kappa shape index (κ2) is 7.82. The van der Waals surface area contributed by atoms with Gasteiger partial charge in [0.15, 0.2) is 0 Å². The Bertz CT molecular complexity index is 616. The van der Waals surface area contributed by atoms with Gasteiger partial charge in [-0.1, -0.05) is 6.07 Å². The molecular weight excluding hydrogens is 282 g/mol. The Balaban J connectivity index is 1.70. The Morgan fingerprint density at radius 3 is 2.77 bits per heavy atom. The Kier molecular flexibility index (Phi) is 5.53. The molecule has 0 saturated heterocycles. The summed E-state index contributed by atoms with van der Waals surface area (Å²) in [5, 5.41) is 16.5. The van der Waals surface area contributed by atoms with E-state index in [1.54, 1.807) is 19.2 Å². The number of urea groups is 1.